The normalized spacial score (nSPS) is 15.2. The Bertz CT molecular complexity index is 1010. The maximum Gasteiger partial charge on any atom is 0.208 e. The topological polar surface area (TPSA) is 103 Å². The fourth-order valence-electron chi connectivity index (χ4n) is 2.68. The van der Waals surface area contributed by atoms with Crippen molar-refractivity contribution in [1.82, 2.24) is 24.7 Å². The first-order valence-corrected chi connectivity index (χ1v) is 8.95. The number of allylic oxidation sites excluding steroid dienone is 1. The van der Waals surface area contributed by atoms with E-state index in [1.807, 2.05) is 35.9 Å². The summed E-state index contributed by atoms with van der Waals surface area (Å²) in [6, 6.07) is 9.70. The predicted molar refractivity (Wildman–Crippen MR) is 95.0 cm³/mol. The summed E-state index contributed by atoms with van der Waals surface area (Å²) in [5.74, 6) is 2.05. The van der Waals surface area contributed by atoms with Gasteiger partial charge in [-0.25, -0.2) is 9.97 Å². The Morgan fingerprint density at radius 3 is 2.92 bits per heavy atom. The third-order valence-corrected chi connectivity index (χ3v) is 5.05. The van der Waals surface area contributed by atoms with Gasteiger partial charge in [0.25, 0.3) is 0 Å². The zero-order valence-electron chi connectivity index (χ0n) is 13.6. The van der Waals surface area contributed by atoms with Gasteiger partial charge in [0.1, 0.15) is 23.2 Å². The van der Waals surface area contributed by atoms with Crippen molar-refractivity contribution in [2.75, 3.05) is 5.75 Å². The average Bonchev–Trinajstić information content (AvgIpc) is 3.28. The van der Waals surface area contributed by atoms with E-state index in [2.05, 4.69) is 26.2 Å². The molecule has 2 aromatic heterocycles. The number of hydrogen-bond acceptors (Lipinski definition) is 6. The van der Waals surface area contributed by atoms with Gasteiger partial charge in [-0.05, 0) is 25.0 Å². The fourth-order valence-corrected chi connectivity index (χ4v) is 3.36. The molecule has 4 rings (SSSR count). The number of thioether (sulfide) groups is 1. The van der Waals surface area contributed by atoms with Crippen LogP contribution in [-0.2, 0) is 7.05 Å². The lowest BCUT2D eigenvalue weighted by atomic mass is 10.2. The number of nitriles is 1. The van der Waals surface area contributed by atoms with Gasteiger partial charge in [0.05, 0.1) is 16.8 Å². The van der Waals surface area contributed by atoms with Gasteiger partial charge in [-0.2, -0.15) is 5.26 Å². The molecular formula is C17H16N6OS. The van der Waals surface area contributed by atoms with Crippen molar-refractivity contribution in [2.24, 2.45) is 7.05 Å². The van der Waals surface area contributed by atoms with Gasteiger partial charge in [-0.1, -0.05) is 23.9 Å². The van der Waals surface area contributed by atoms with Gasteiger partial charge >= 0.3 is 0 Å². The molecular weight excluding hydrogens is 336 g/mol. The van der Waals surface area contributed by atoms with Crippen LogP contribution in [0, 0.1) is 11.3 Å². The van der Waals surface area contributed by atoms with E-state index in [0.29, 0.717) is 16.9 Å². The molecule has 0 atom stereocenters. The number of rotatable bonds is 5. The molecule has 3 aromatic rings. The Hall–Kier alpha value is -2.79. The van der Waals surface area contributed by atoms with Gasteiger partial charge < -0.3 is 9.67 Å². The van der Waals surface area contributed by atoms with Gasteiger partial charge in [-0.3, -0.25) is 5.10 Å². The third-order valence-electron chi connectivity index (χ3n) is 4.20. The number of benzene rings is 1. The van der Waals surface area contributed by atoms with Gasteiger partial charge in [0, 0.05) is 13.0 Å². The van der Waals surface area contributed by atoms with E-state index in [0.717, 1.165) is 29.7 Å². The highest BCUT2D eigenvalue weighted by Crippen LogP contribution is 2.38. The molecule has 1 aliphatic rings. The molecule has 1 saturated carbocycles. The number of aliphatic hydroxyl groups excluding tert-OH is 1. The fraction of sp³-hybridized carbons (Fsp3) is 0.294. The Labute approximate surface area is 148 Å². The van der Waals surface area contributed by atoms with E-state index >= 15 is 0 Å². The minimum absolute atomic E-state index is 0.0244. The summed E-state index contributed by atoms with van der Waals surface area (Å²) in [6.45, 7) is 0. The number of nitrogens with zero attached hydrogens (tertiary/aromatic N) is 5. The second kappa shape index (κ2) is 6.26. The molecule has 2 heterocycles. The van der Waals surface area contributed by atoms with Crippen LogP contribution >= 0.6 is 11.8 Å². The van der Waals surface area contributed by atoms with Gasteiger partial charge in [0.15, 0.2) is 5.82 Å². The van der Waals surface area contributed by atoms with Crippen LogP contribution in [0.4, 0.5) is 0 Å². The monoisotopic (exact) mass is 352 g/mol. The summed E-state index contributed by atoms with van der Waals surface area (Å²) in [7, 11) is 1.83. The van der Waals surface area contributed by atoms with Gasteiger partial charge in [0.2, 0.25) is 5.16 Å². The molecule has 0 spiro atoms. The van der Waals surface area contributed by atoms with Crippen LogP contribution in [0.1, 0.15) is 30.4 Å². The van der Waals surface area contributed by atoms with E-state index in [4.69, 9.17) is 0 Å². The number of aromatic amines is 1. The SMILES string of the molecule is Cn1c(/C(C#N)=C(\O)CSc2n[nH]c(C3CC3)n2)nc2ccccc21. The lowest BCUT2D eigenvalue weighted by molar-refractivity contribution is 0.420. The van der Waals surface area contributed by atoms with Crippen LogP contribution in [-0.4, -0.2) is 35.6 Å². The average molecular weight is 352 g/mol. The molecule has 0 amide bonds. The molecule has 0 unspecified atom stereocenters. The summed E-state index contributed by atoms with van der Waals surface area (Å²) >= 11 is 1.30. The quantitative estimate of drug-likeness (QED) is 0.415. The third kappa shape index (κ3) is 2.98. The molecule has 0 bridgehead atoms. The van der Waals surface area contributed by atoms with Crippen molar-refractivity contribution in [1.29, 1.82) is 5.26 Å². The van der Waals surface area contributed by atoms with E-state index in [1.165, 1.54) is 11.8 Å². The lowest BCUT2D eigenvalue weighted by Crippen LogP contribution is -2.01. The largest absolute Gasteiger partial charge is 0.510 e. The molecule has 2 N–H and O–H groups in total. The number of imidazole rings is 1. The lowest BCUT2D eigenvalue weighted by Gasteiger charge is -2.04. The molecule has 25 heavy (non-hydrogen) atoms. The van der Waals surface area contributed by atoms with Crippen LogP contribution in [0.25, 0.3) is 16.6 Å². The van der Waals surface area contributed by atoms with Crippen LogP contribution in [0.5, 0.6) is 0 Å². The Morgan fingerprint density at radius 2 is 2.20 bits per heavy atom. The molecule has 0 aliphatic heterocycles. The van der Waals surface area contributed by atoms with Crippen molar-refractivity contribution in [3.63, 3.8) is 0 Å². The summed E-state index contributed by atoms with van der Waals surface area (Å²) in [5.41, 5.74) is 1.87. The minimum Gasteiger partial charge on any atom is -0.510 e. The first-order valence-electron chi connectivity index (χ1n) is 7.96. The number of aliphatic hydroxyl groups is 1. The summed E-state index contributed by atoms with van der Waals surface area (Å²) in [5, 5.41) is 27.6. The Kier molecular flexibility index (Phi) is 3.93. The molecule has 1 fully saturated rings. The highest BCUT2D eigenvalue weighted by atomic mass is 32.2. The number of aromatic nitrogens is 5. The minimum atomic E-state index is -0.0244. The van der Waals surface area contributed by atoms with E-state index in [1.54, 1.807) is 0 Å². The molecule has 0 saturated heterocycles. The standard InChI is InChI=1S/C17H16N6OS/c1-23-13-5-3-2-4-12(13)19-16(23)11(8-18)14(24)9-25-17-20-15(21-22-17)10-6-7-10/h2-5,10,24H,6-7,9H2,1H3,(H,20,21,22)/b14-11-. The Balaban J connectivity index is 1.58. The first-order chi connectivity index (χ1) is 12.2. The summed E-state index contributed by atoms with van der Waals surface area (Å²) < 4.78 is 1.81. The number of aryl methyl sites for hydroxylation is 1. The van der Waals surface area contributed by atoms with Crippen LogP contribution in [0.15, 0.2) is 35.2 Å². The van der Waals surface area contributed by atoms with Crippen molar-refractivity contribution in [3.05, 3.63) is 41.7 Å². The Morgan fingerprint density at radius 1 is 1.40 bits per heavy atom. The van der Waals surface area contributed by atoms with Crippen molar-refractivity contribution < 1.29 is 5.11 Å². The van der Waals surface area contributed by atoms with Gasteiger partial charge in [-0.15, -0.1) is 5.10 Å². The van der Waals surface area contributed by atoms with Crippen LogP contribution in [0.3, 0.4) is 0 Å². The maximum atomic E-state index is 10.4. The molecule has 7 nitrogen and oxygen atoms in total. The van der Waals surface area contributed by atoms with E-state index < -0.39 is 0 Å². The van der Waals surface area contributed by atoms with Crippen molar-refractivity contribution in [2.45, 2.75) is 23.9 Å². The number of nitrogens with one attached hydrogen (secondary N) is 1. The van der Waals surface area contributed by atoms with Crippen molar-refractivity contribution >= 4 is 28.4 Å². The smallest absolute Gasteiger partial charge is 0.208 e. The number of H-pyrrole nitrogens is 1. The molecule has 0 radical (unpaired) electrons. The molecule has 1 aromatic carbocycles. The highest BCUT2D eigenvalue weighted by molar-refractivity contribution is 7.99. The predicted octanol–water partition coefficient (Wildman–Crippen LogP) is 3.15. The van der Waals surface area contributed by atoms with Crippen LogP contribution in [0.2, 0.25) is 0 Å². The number of fused-ring (bicyclic) bond motifs is 1. The van der Waals surface area contributed by atoms with E-state index in [-0.39, 0.29) is 17.1 Å². The first kappa shape index (κ1) is 15.7. The summed E-state index contributed by atoms with van der Waals surface area (Å²) in [4.78, 5) is 8.88. The maximum absolute atomic E-state index is 10.4. The zero-order valence-corrected chi connectivity index (χ0v) is 14.4. The zero-order chi connectivity index (χ0) is 17.4. The van der Waals surface area contributed by atoms with Crippen molar-refractivity contribution in [3.8, 4) is 6.07 Å². The molecule has 1 aliphatic carbocycles. The van der Waals surface area contributed by atoms with Crippen LogP contribution < -0.4 is 0 Å². The molecule has 8 heteroatoms. The second-order valence-electron chi connectivity index (χ2n) is 5.98. The van der Waals surface area contributed by atoms with E-state index in [9.17, 15) is 10.4 Å². The summed E-state index contributed by atoms with van der Waals surface area (Å²) in [6.07, 6.45) is 2.30. The number of para-hydroxylation sites is 2. The second-order valence-corrected chi connectivity index (χ2v) is 6.93. The number of hydrogen-bond donors (Lipinski definition) is 2. The molecule has 126 valence electrons. The highest BCUT2D eigenvalue weighted by Gasteiger charge is 2.27.